The first-order valence-electron chi connectivity index (χ1n) is 14.0. The van der Waals surface area contributed by atoms with E-state index in [1.165, 1.54) is 0 Å². The van der Waals surface area contributed by atoms with E-state index in [4.69, 9.17) is 21.3 Å². The first kappa shape index (κ1) is 25.7. The topological polar surface area (TPSA) is 73.8 Å². The van der Waals surface area contributed by atoms with Crippen molar-refractivity contribution in [2.75, 3.05) is 45.2 Å². The van der Waals surface area contributed by atoms with Gasteiger partial charge < -0.3 is 25.0 Å². The minimum atomic E-state index is -0.542. The summed E-state index contributed by atoms with van der Waals surface area (Å²) < 4.78 is 22.9. The van der Waals surface area contributed by atoms with Gasteiger partial charge in [-0.05, 0) is 74.3 Å². The number of anilines is 1. The van der Waals surface area contributed by atoms with Crippen LogP contribution < -0.4 is 15.0 Å². The molecule has 1 aliphatic carbocycles. The van der Waals surface area contributed by atoms with Gasteiger partial charge in [0.1, 0.15) is 17.1 Å². The van der Waals surface area contributed by atoms with E-state index in [2.05, 4.69) is 34.2 Å². The largest absolute Gasteiger partial charge is 0.508 e. The first-order valence-corrected chi connectivity index (χ1v) is 14.4. The number of aromatic hydroxyl groups is 1. The summed E-state index contributed by atoms with van der Waals surface area (Å²) in [5.74, 6) is 0.159. The van der Waals surface area contributed by atoms with Crippen LogP contribution in [0.1, 0.15) is 25.7 Å². The van der Waals surface area contributed by atoms with Crippen molar-refractivity contribution in [3.63, 3.8) is 0 Å². The molecular formula is C31H33ClFN5O2. The Kier molecular flexibility index (Phi) is 6.25. The van der Waals surface area contributed by atoms with Crippen molar-refractivity contribution in [2.24, 2.45) is 5.41 Å². The molecule has 208 valence electrons. The molecule has 2 aliphatic heterocycles. The fourth-order valence-electron chi connectivity index (χ4n) is 6.60. The van der Waals surface area contributed by atoms with Gasteiger partial charge in [0, 0.05) is 48.1 Å². The summed E-state index contributed by atoms with van der Waals surface area (Å²) >= 11 is 6.85. The Bertz CT molecular complexity index is 1610. The zero-order valence-electron chi connectivity index (χ0n) is 22.8. The quantitative estimate of drug-likeness (QED) is 0.304. The van der Waals surface area contributed by atoms with E-state index in [9.17, 15) is 5.11 Å². The second-order valence-corrected chi connectivity index (χ2v) is 12.5. The Labute approximate surface area is 237 Å². The van der Waals surface area contributed by atoms with E-state index in [1.807, 2.05) is 24.3 Å². The van der Waals surface area contributed by atoms with Crippen LogP contribution in [-0.4, -0.2) is 72.4 Å². The van der Waals surface area contributed by atoms with Crippen LogP contribution >= 0.6 is 11.6 Å². The highest BCUT2D eigenvalue weighted by atomic mass is 35.5. The maximum atomic E-state index is 16.7. The van der Waals surface area contributed by atoms with E-state index in [0.29, 0.717) is 35.5 Å². The summed E-state index contributed by atoms with van der Waals surface area (Å²) in [5, 5.41) is 16.5. The number of phenolic OH excluding ortho intramolecular Hbond substituents is 1. The number of nitrogens with one attached hydrogen (secondary N) is 1. The van der Waals surface area contributed by atoms with Gasteiger partial charge in [-0.2, -0.15) is 9.97 Å². The third-order valence-electron chi connectivity index (χ3n) is 8.59. The predicted molar refractivity (Wildman–Crippen MR) is 157 cm³/mol. The van der Waals surface area contributed by atoms with Crippen molar-refractivity contribution in [1.29, 1.82) is 0 Å². The molecule has 7 rings (SSSR count). The number of hydrogen-bond donors (Lipinski definition) is 2. The highest BCUT2D eigenvalue weighted by Gasteiger charge is 2.44. The Balaban J connectivity index is 1.38. The number of ether oxygens (including phenoxy) is 1. The second-order valence-electron chi connectivity index (χ2n) is 12.1. The number of fused-ring (bicyclic) bond motifs is 4. The normalized spacial score (nSPS) is 21.5. The Morgan fingerprint density at radius 2 is 1.85 bits per heavy atom. The van der Waals surface area contributed by atoms with Crippen LogP contribution in [0.15, 0.2) is 42.5 Å². The molecule has 0 amide bonds. The molecule has 2 atom stereocenters. The lowest BCUT2D eigenvalue weighted by Gasteiger charge is -2.34. The van der Waals surface area contributed by atoms with Crippen LogP contribution in [0.25, 0.3) is 32.8 Å². The molecule has 1 saturated carbocycles. The molecule has 4 aromatic rings. The Hall–Kier alpha value is -3.20. The van der Waals surface area contributed by atoms with Gasteiger partial charge in [-0.25, -0.2) is 4.39 Å². The fraction of sp³-hybridized carbons (Fsp3) is 0.419. The van der Waals surface area contributed by atoms with E-state index in [1.54, 1.807) is 18.2 Å². The average Bonchev–Trinajstić information content (AvgIpc) is 3.60. The molecule has 9 heteroatoms. The van der Waals surface area contributed by atoms with Crippen LogP contribution in [-0.2, 0) is 0 Å². The van der Waals surface area contributed by atoms with Gasteiger partial charge in [0.25, 0.3) is 0 Å². The lowest BCUT2D eigenvalue weighted by atomic mass is 9.96. The van der Waals surface area contributed by atoms with Crippen molar-refractivity contribution < 1.29 is 14.2 Å². The highest BCUT2D eigenvalue weighted by Crippen LogP contribution is 2.47. The maximum Gasteiger partial charge on any atom is 0.319 e. The summed E-state index contributed by atoms with van der Waals surface area (Å²) in [5.41, 5.74) is 0.991. The smallest absolute Gasteiger partial charge is 0.319 e. The third-order valence-corrected chi connectivity index (χ3v) is 8.89. The molecule has 3 aliphatic rings. The van der Waals surface area contributed by atoms with Crippen molar-refractivity contribution >= 4 is 39.1 Å². The molecule has 0 radical (unpaired) electrons. The van der Waals surface area contributed by atoms with E-state index in [-0.39, 0.29) is 33.3 Å². The van der Waals surface area contributed by atoms with E-state index >= 15 is 4.39 Å². The van der Waals surface area contributed by atoms with E-state index in [0.717, 1.165) is 56.1 Å². The van der Waals surface area contributed by atoms with Gasteiger partial charge >= 0.3 is 6.01 Å². The van der Waals surface area contributed by atoms with Gasteiger partial charge in [-0.3, -0.25) is 0 Å². The number of benzene rings is 3. The SMILES string of the molecule is CN(C)CC1(COc2nc(N3CC4CCC(C3)N4)c3cc(Cl)c(-c4cc(O)cc5ccccc45)c(F)c3n2)CC1. The number of phenols is 1. The van der Waals surface area contributed by atoms with Gasteiger partial charge in [-0.15, -0.1) is 0 Å². The lowest BCUT2D eigenvalue weighted by Crippen LogP contribution is -2.51. The van der Waals surface area contributed by atoms with Crippen molar-refractivity contribution in [1.82, 2.24) is 20.2 Å². The molecule has 3 heterocycles. The first-order chi connectivity index (χ1) is 19.3. The molecule has 3 fully saturated rings. The fourth-order valence-corrected chi connectivity index (χ4v) is 6.89. The summed E-state index contributed by atoms with van der Waals surface area (Å²) in [6.07, 6.45) is 4.41. The summed E-state index contributed by atoms with van der Waals surface area (Å²) in [7, 11) is 4.13. The van der Waals surface area contributed by atoms with Gasteiger partial charge in [-0.1, -0.05) is 35.9 Å². The zero-order chi connectivity index (χ0) is 27.6. The van der Waals surface area contributed by atoms with Crippen LogP contribution in [0.3, 0.4) is 0 Å². The molecule has 7 nitrogen and oxygen atoms in total. The molecule has 3 aromatic carbocycles. The number of hydrogen-bond acceptors (Lipinski definition) is 7. The maximum absolute atomic E-state index is 16.7. The lowest BCUT2D eigenvalue weighted by molar-refractivity contribution is 0.183. The Morgan fingerprint density at radius 3 is 2.58 bits per heavy atom. The monoisotopic (exact) mass is 561 g/mol. The molecular weight excluding hydrogens is 529 g/mol. The highest BCUT2D eigenvalue weighted by molar-refractivity contribution is 6.35. The second kappa shape index (κ2) is 9.72. The Morgan fingerprint density at radius 1 is 1.10 bits per heavy atom. The third kappa shape index (κ3) is 4.62. The average molecular weight is 562 g/mol. The number of aromatic nitrogens is 2. The standard InChI is InChI=1S/C31H33ClFN5O2/c1-37(2)16-31(9-10-31)17-40-30-35-28-24(29(36-30)38-14-19-7-8-20(15-38)34-19)13-25(32)26(27(28)33)23-12-21(39)11-18-5-3-4-6-22(18)23/h3-6,11-13,19-20,34,39H,7-10,14-17H2,1-2H3. The molecule has 40 heavy (non-hydrogen) atoms. The van der Waals surface area contributed by atoms with E-state index < -0.39 is 5.82 Å². The summed E-state index contributed by atoms with van der Waals surface area (Å²) in [6, 6.07) is 13.5. The minimum Gasteiger partial charge on any atom is -0.508 e. The molecule has 2 saturated heterocycles. The number of rotatable bonds is 7. The van der Waals surface area contributed by atoms with Gasteiger partial charge in [0.2, 0.25) is 0 Å². The molecule has 1 aromatic heterocycles. The number of nitrogens with zero attached hydrogens (tertiary/aromatic N) is 4. The summed E-state index contributed by atoms with van der Waals surface area (Å²) in [6.45, 7) is 2.98. The number of piperazine rings is 1. The van der Waals surface area contributed by atoms with Crippen molar-refractivity contribution in [2.45, 2.75) is 37.8 Å². The van der Waals surface area contributed by atoms with Crippen LogP contribution in [0, 0.1) is 11.2 Å². The zero-order valence-corrected chi connectivity index (χ0v) is 23.5. The number of halogens is 2. The summed E-state index contributed by atoms with van der Waals surface area (Å²) in [4.78, 5) is 13.9. The van der Waals surface area contributed by atoms with Crippen molar-refractivity contribution in [3.8, 4) is 22.9 Å². The van der Waals surface area contributed by atoms with Gasteiger partial charge in [0.15, 0.2) is 5.82 Å². The van der Waals surface area contributed by atoms with Crippen LogP contribution in [0.2, 0.25) is 5.02 Å². The van der Waals surface area contributed by atoms with Crippen molar-refractivity contribution in [3.05, 3.63) is 53.3 Å². The molecule has 2 N–H and O–H groups in total. The van der Waals surface area contributed by atoms with Gasteiger partial charge in [0.05, 0.1) is 11.6 Å². The van der Waals surface area contributed by atoms with Crippen LogP contribution in [0.4, 0.5) is 10.2 Å². The van der Waals surface area contributed by atoms with Crippen LogP contribution in [0.5, 0.6) is 11.8 Å². The molecule has 2 bridgehead atoms. The molecule has 2 unspecified atom stereocenters. The predicted octanol–water partition coefficient (Wildman–Crippen LogP) is 5.61. The molecule has 0 spiro atoms. The minimum absolute atomic E-state index is 0.0450.